The van der Waals surface area contributed by atoms with Gasteiger partial charge >= 0.3 is 0 Å². The molecule has 0 radical (unpaired) electrons. The Morgan fingerprint density at radius 2 is 2.56 bits per heavy atom. The van der Waals surface area contributed by atoms with Crippen LogP contribution in [-0.4, -0.2) is 29.4 Å². The van der Waals surface area contributed by atoms with Gasteiger partial charge in [0.2, 0.25) is 0 Å². The Balaban J connectivity index is 2.28. The zero-order valence-corrected chi connectivity index (χ0v) is 11.4. The van der Waals surface area contributed by atoms with E-state index in [0.29, 0.717) is 6.61 Å². The highest BCUT2D eigenvalue weighted by Gasteiger charge is 2.43. The first kappa shape index (κ1) is 12.4. The summed E-state index contributed by atoms with van der Waals surface area (Å²) in [6.07, 6.45) is 0.918. The second-order valence-electron chi connectivity index (χ2n) is 4.25. The van der Waals surface area contributed by atoms with Crippen LogP contribution in [0, 0.1) is 5.92 Å². The summed E-state index contributed by atoms with van der Waals surface area (Å²) in [5, 5.41) is 12.2. The number of hydrogen-bond donors (Lipinski definition) is 2. The fraction of sp³-hybridized carbons (Fsp3) is 0.700. The van der Waals surface area contributed by atoms with Crippen molar-refractivity contribution in [3.8, 4) is 0 Å². The van der Waals surface area contributed by atoms with Gasteiger partial charge in [0, 0.05) is 17.9 Å². The van der Waals surface area contributed by atoms with E-state index in [0.717, 1.165) is 16.0 Å². The second kappa shape index (κ2) is 4.70. The number of aromatic nitrogens is 1. The third kappa shape index (κ3) is 2.17. The predicted molar refractivity (Wildman–Crippen MR) is 66.3 cm³/mol. The highest BCUT2D eigenvalue weighted by atomic mass is 79.9. The molecule has 16 heavy (non-hydrogen) atoms. The Morgan fingerprint density at radius 1 is 1.81 bits per heavy atom. The minimum atomic E-state index is -0.655. The molecule has 4 nitrogen and oxygen atoms in total. The summed E-state index contributed by atoms with van der Waals surface area (Å²) in [5.41, 5.74) is 5.70. The second-order valence-corrected chi connectivity index (χ2v) is 5.92. The fourth-order valence-corrected chi connectivity index (χ4v) is 3.45. The molecule has 0 amide bonds. The van der Waals surface area contributed by atoms with Crippen molar-refractivity contribution in [1.29, 1.82) is 0 Å². The number of hydrogen-bond acceptors (Lipinski definition) is 5. The van der Waals surface area contributed by atoms with Crippen LogP contribution in [-0.2, 0) is 10.3 Å². The fourth-order valence-electron chi connectivity index (χ4n) is 2.02. The molecular weight excluding hydrogens is 292 g/mol. The van der Waals surface area contributed by atoms with Gasteiger partial charge in [-0.25, -0.2) is 4.98 Å². The first-order valence-electron chi connectivity index (χ1n) is 5.19. The molecule has 1 saturated heterocycles. The van der Waals surface area contributed by atoms with Crippen molar-refractivity contribution in [1.82, 2.24) is 4.98 Å². The van der Waals surface area contributed by atoms with E-state index in [1.165, 1.54) is 11.3 Å². The van der Waals surface area contributed by atoms with Crippen molar-refractivity contribution in [2.45, 2.75) is 25.0 Å². The maximum Gasteiger partial charge on any atom is 0.117 e. The molecule has 1 aliphatic rings. The van der Waals surface area contributed by atoms with Crippen LogP contribution in [0.2, 0.25) is 0 Å². The van der Waals surface area contributed by atoms with Crippen molar-refractivity contribution in [3.05, 3.63) is 15.0 Å². The van der Waals surface area contributed by atoms with Crippen molar-refractivity contribution >= 4 is 27.3 Å². The number of rotatable bonds is 2. The lowest BCUT2D eigenvalue weighted by Gasteiger charge is -2.41. The molecule has 1 aromatic heterocycles. The molecule has 0 aliphatic carbocycles. The average molecular weight is 307 g/mol. The molecule has 0 bridgehead atoms. The molecule has 6 heteroatoms. The first-order chi connectivity index (χ1) is 7.56. The number of nitrogens with zero attached hydrogens (tertiary/aromatic N) is 1. The topological polar surface area (TPSA) is 68.4 Å². The largest absolute Gasteiger partial charge is 0.396 e. The van der Waals surface area contributed by atoms with E-state index in [1.807, 2.05) is 12.3 Å². The molecule has 0 aromatic carbocycles. The lowest BCUT2D eigenvalue weighted by atomic mass is 9.80. The van der Waals surface area contributed by atoms with Crippen molar-refractivity contribution in [2.24, 2.45) is 11.7 Å². The number of nitrogens with two attached hydrogens (primary N) is 1. The van der Waals surface area contributed by atoms with Crippen LogP contribution in [0.3, 0.4) is 0 Å². The maximum atomic E-state index is 9.44. The Morgan fingerprint density at radius 3 is 3.12 bits per heavy atom. The van der Waals surface area contributed by atoms with Gasteiger partial charge in [0.1, 0.15) is 9.61 Å². The van der Waals surface area contributed by atoms with E-state index in [9.17, 15) is 5.11 Å². The molecule has 2 rings (SSSR count). The molecule has 1 aromatic rings. The smallest absolute Gasteiger partial charge is 0.117 e. The SMILES string of the molecule is C[C@H]1C[C@@H](CO)[C@](N)(c2nc(Br)cs2)CO1. The monoisotopic (exact) mass is 306 g/mol. The summed E-state index contributed by atoms with van der Waals surface area (Å²) in [7, 11) is 0. The molecule has 0 saturated carbocycles. The summed E-state index contributed by atoms with van der Waals surface area (Å²) in [6, 6.07) is 0. The van der Waals surface area contributed by atoms with Gasteiger partial charge in [0.25, 0.3) is 0 Å². The number of thiazole rings is 1. The highest BCUT2D eigenvalue weighted by molar-refractivity contribution is 9.10. The summed E-state index contributed by atoms with van der Waals surface area (Å²) < 4.78 is 6.39. The molecule has 0 unspecified atom stereocenters. The normalized spacial score (nSPS) is 35.2. The van der Waals surface area contributed by atoms with Crippen molar-refractivity contribution < 1.29 is 9.84 Å². The quantitative estimate of drug-likeness (QED) is 0.868. The third-order valence-electron chi connectivity index (χ3n) is 3.05. The number of halogens is 1. The summed E-state index contributed by atoms with van der Waals surface area (Å²) >= 11 is 4.82. The maximum absolute atomic E-state index is 9.44. The van der Waals surface area contributed by atoms with Gasteiger partial charge in [-0.15, -0.1) is 11.3 Å². The van der Waals surface area contributed by atoms with Crippen LogP contribution in [0.1, 0.15) is 18.4 Å². The van der Waals surface area contributed by atoms with Gasteiger partial charge in [-0.1, -0.05) is 0 Å². The van der Waals surface area contributed by atoms with E-state index in [4.69, 9.17) is 10.5 Å². The minimum Gasteiger partial charge on any atom is -0.396 e. The van der Waals surface area contributed by atoms with E-state index < -0.39 is 5.54 Å². The zero-order chi connectivity index (χ0) is 11.8. The lowest BCUT2D eigenvalue weighted by Crippen LogP contribution is -2.54. The van der Waals surface area contributed by atoms with Crippen molar-refractivity contribution in [2.75, 3.05) is 13.2 Å². The summed E-state index contributed by atoms with van der Waals surface area (Å²) in [5.74, 6) is 0.00861. The van der Waals surface area contributed by atoms with Crippen LogP contribution in [0.5, 0.6) is 0 Å². The van der Waals surface area contributed by atoms with Crippen LogP contribution in [0.25, 0.3) is 0 Å². The van der Waals surface area contributed by atoms with Crippen molar-refractivity contribution in [3.63, 3.8) is 0 Å². The van der Waals surface area contributed by atoms with Gasteiger partial charge in [0.05, 0.1) is 18.2 Å². The number of aliphatic hydroxyl groups is 1. The average Bonchev–Trinajstić information content (AvgIpc) is 2.69. The lowest BCUT2D eigenvalue weighted by molar-refractivity contribution is -0.0670. The summed E-state index contributed by atoms with van der Waals surface area (Å²) in [6.45, 7) is 2.49. The first-order valence-corrected chi connectivity index (χ1v) is 6.86. The van der Waals surface area contributed by atoms with E-state index in [2.05, 4.69) is 20.9 Å². The Labute approximate surface area is 107 Å². The molecule has 1 aliphatic heterocycles. The molecule has 0 spiro atoms. The predicted octanol–water partition coefficient (Wildman–Crippen LogP) is 1.48. The van der Waals surface area contributed by atoms with Crippen LogP contribution in [0.15, 0.2) is 9.98 Å². The van der Waals surface area contributed by atoms with E-state index in [-0.39, 0.29) is 18.6 Å². The van der Waals surface area contributed by atoms with Gasteiger partial charge in [-0.2, -0.15) is 0 Å². The molecule has 3 N–H and O–H groups in total. The Bertz CT molecular complexity index is 373. The van der Waals surface area contributed by atoms with Gasteiger partial charge in [-0.3, -0.25) is 0 Å². The van der Waals surface area contributed by atoms with Gasteiger partial charge in [-0.05, 0) is 29.3 Å². The van der Waals surface area contributed by atoms with Gasteiger partial charge in [0.15, 0.2) is 0 Å². The molecule has 2 heterocycles. The third-order valence-corrected chi connectivity index (χ3v) is 4.79. The van der Waals surface area contributed by atoms with E-state index >= 15 is 0 Å². The molecular formula is C10H15BrN2O2S. The van der Waals surface area contributed by atoms with Gasteiger partial charge < -0.3 is 15.6 Å². The molecule has 1 fully saturated rings. The highest BCUT2D eigenvalue weighted by Crippen LogP contribution is 2.37. The minimum absolute atomic E-state index is 0.00861. The number of aliphatic hydroxyl groups excluding tert-OH is 1. The number of ether oxygens (including phenoxy) is 1. The molecule has 90 valence electrons. The van der Waals surface area contributed by atoms with Crippen LogP contribution in [0.4, 0.5) is 0 Å². The molecule has 3 atom stereocenters. The zero-order valence-electron chi connectivity index (χ0n) is 9.02. The Hall–Kier alpha value is -0.0100. The van der Waals surface area contributed by atoms with Crippen LogP contribution >= 0.6 is 27.3 Å². The Kier molecular flexibility index (Phi) is 3.65. The van der Waals surface area contributed by atoms with E-state index in [1.54, 1.807) is 0 Å². The standard InChI is InChI=1S/C10H15BrN2O2S/c1-6-2-7(3-14)10(12,5-15-6)9-13-8(11)4-16-9/h4,6-7,14H,2-3,5,12H2,1H3/t6-,7-,10-/m0/s1. The van der Waals surface area contributed by atoms with Crippen LogP contribution < -0.4 is 5.73 Å². The summed E-state index contributed by atoms with van der Waals surface area (Å²) in [4.78, 5) is 4.35.